The van der Waals surface area contributed by atoms with Gasteiger partial charge in [0.1, 0.15) is 11.7 Å². The third-order valence-corrected chi connectivity index (χ3v) is 4.36. The smallest absolute Gasteiger partial charge is 0.352 e. The molecule has 3 heterocycles. The topological polar surface area (TPSA) is 77.9 Å². The van der Waals surface area contributed by atoms with Crippen LogP contribution in [0.3, 0.4) is 0 Å². The predicted octanol–water partition coefficient (Wildman–Crippen LogP) is 0.363. The molecule has 0 aromatic heterocycles. The van der Waals surface area contributed by atoms with E-state index < -0.39 is 12.0 Å². The summed E-state index contributed by atoms with van der Waals surface area (Å²) in [6.45, 7) is 3.79. The van der Waals surface area contributed by atoms with Gasteiger partial charge in [-0.25, -0.2) is 4.79 Å². The van der Waals surface area contributed by atoms with Crippen LogP contribution in [0, 0.1) is 5.92 Å². The number of nitrogens with zero attached hydrogens (tertiary/aromatic N) is 2. The Hall–Kier alpha value is -2.11. The van der Waals surface area contributed by atoms with Crippen molar-refractivity contribution in [1.29, 1.82) is 0 Å². The lowest BCUT2D eigenvalue weighted by molar-refractivity contribution is -0.159. The van der Waals surface area contributed by atoms with Gasteiger partial charge in [-0.3, -0.25) is 14.5 Å². The third-order valence-electron chi connectivity index (χ3n) is 4.36. The highest BCUT2D eigenvalue weighted by Gasteiger charge is 2.63. The third kappa shape index (κ3) is 1.47. The molecular weight excluding hydrogens is 260 g/mol. The number of amides is 2. The summed E-state index contributed by atoms with van der Waals surface area (Å²) in [5.41, 5.74) is 0.745. The summed E-state index contributed by atoms with van der Waals surface area (Å²) in [5.74, 6) is -1.34. The van der Waals surface area contributed by atoms with Crippen LogP contribution in [0.15, 0.2) is 23.4 Å². The molecule has 3 atom stereocenters. The van der Waals surface area contributed by atoms with Crippen LogP contribution in [-0.4, -0.2) is 51.3 Å². The number of aliphatic carboxylic acids is 1. The number of hydrogen-bond donors (Lipinski definition) is 1. The minimum Gasteiger partial charge on any atom is -0.477 e. The van der Waals surface area contributed by atoms with Gasteiger partial charge < -0.3 is 10.0 Å². The quantitative estimate of drug-likeness (QED) is 0.739. The van der Waals surface area contributed by atoms with Crippen molar-refractivity contribution in [2.45, 2.75) is 32.4 Å². The number of carboxylic acids is 1. The van der Waals surface area contributed by atoms with E-state index in [-0.39, 0.29) is 29.5 Å². The van der Waals surface area contributed by atoms with Gasteiger partial charge in [0.05, 0.1) is 6.04 Å². The van der Waals surface area contributed by atoms with Gasteiger partial charge in [0.2, 0.25) is 5.91 Å². The van der Waals surface area contributed by atoms with Crippen LogP contribution < -0.4 is 0 Å². The lowest BCUT2D eigenvalue weighted by atomic mass is 9.79. The molecule has 0 aromatic rings. The fraction of sp³-hybridized carbons (Fsp3) is 0.500. The molecule has 0 radical (unpaired) electrons. The first kappa shape index (κ1) is 12.9. The summed E-state index contributed by atoms with van der Waals surface area (Å²) < 4.78 is 0. The second-order valence-electron chi connectivity index (χ2n) is 5.46. The fourth-order valence-electron chi connectivity index (χ4n) is 3.65. The lowest BCUT2D eigenvalue weighted by Crippen LogP contribution is -2.69. The normalized spacial score (nSPS) is 31.7. The van der Waals surface area contributed by atoms with Crippen LogP contribution in [0.4, 0.5) is 0 Å². The first-order valence-electron chi connectivity index (χ1n) is 6.66. The summed E-state index contributed by atoms with van der Waals surface area (Å²) in [7, 11) is 0. The van der Waals surface area contributed by atoms with E-state index in [2.05, 4.69) is 0 Å². The van der Waals surface area contributed by atoms with Crippen molar-refractivity contribution in [3.05, 3.63) is 23.4 Å². The largest absolute Gasteiger partial charge is 0.477 e. The second-order valence-corrected chi connectivity index (χ2v) is 5.46. The van der Waals surface area contributed by atoms with Crippen LogP contribution in [0.2, 0.25) is 0 Å². The van der Waals surface area contributed by atoms with E-state index in [1.807, 2.05) is 6.92 Å². The van der Waals surface area contributed by atoms with Crippen LogP contribution in [0.1, 0.15) is 20.3 Å². The average Bonchev–Trinajstić information content (AvgIpc) is 2.73. The van der Waals surface area contributed by atoms with Crippen LogP contribution in [0.5, 0.6) is 0 Å². The molecule has 2 fully saturated rings. The molecular formula is C14H16N2O4. The van der Waals surface area contributed by atoms with Crippen molar-refractivity contribution >= 4 is 17.8 Å². The molecule has 2 amide bonds. The fourth-order valence-corrected chi connectivity index (χ4v) is 3.65. The van der Waals surface area contributed by atoms with Gasteiger partial charge in [-0.15, -0.1) is 0 Å². The van der Waals surface area contributed by atoms with Crippen LogP contribution in [-0.2, 0) is 14.4 Å². The maximum Gasteiger partial charge on any atom is 0.352 e. The maximum absolute atomic E-state index is 12.2. The van der Waals surface area contributed by atoms with Gasteiger partial charge >= 0.3 is 5.97 Å². The molecule has 6 nitrogen and oxygen atoms in total. The number of rotatable bonds is 2. The van der Waals surface area contributed by atoms with Crippen LogP contribution in [0.25, 0.3) is 0 Å². The molecule has 3 aliphatic heterocycles. The Kier molecular flexibility index (Phi) is 2.70. The second kappa shape index (κ2) is 4.19. The minimum absolute atomic E-state index is 0.0796. The Morgan fingerprint density at radius 2 is 2.10 bits per heavy atom. The van der Waals surface area contributed by atoms with Crippen molar-refractivity contribution in [3.63, 3.8) is 0 Å². The monoisotopic (exact) mass is 276 g/mol. The molecule has 3 rings (SSSR count). The van der Waals surface area contributed by atoms with E-state index in [0.29, 0.717) is 18.5 Å². The number of likely N-dealkylation sites (tertiary alicyclic amines) is 1. The zero-order valence-corrected chi connectivity index (χ0v) is 11.4. The number of β-lactam (4-membered cyclic amide) rings is 1. The van der Waals surface area contributed by atoms with Gasteiger partial charge in [-0.05, 0) is 18.9 Å². The highest BCUT2D eigenvalue weighted by Crippen LogP contribution is 2.47. The maximum atomic E-state index is 12.2. The summed E-state index contributed by atoms with van der Waals surface area (Å²) >= 11 is 0. The summed E-state index contributed by atoms with van der Waals surface area (Å²) in [5, 5.41) is 9.38. The standard InChI is InChI=1S/C14H16N2O4/c1-3-4-8-5-9-6-15(7(2)17)12-10(9)16(13(12)18)11(8)14(19)20/h3-4,9-10,12H,5-6H2,1-2H3,(H,19,20)/b4-3+/t9?,10-,12?/m1/s1. The average molecular weight is 276 g/mol. The van der Waals surface area contributed by atoms with Gasteiger partial charge in [0.15, 0.2) is 0 Å². The SMILES string of the molecule is C/C=C/C1=C(C(=O)O)N2C(=O)C3[C@H]2C(C1)CN3C(C)=O. The Balaban J connectivity index is 2.03. The van der Waals surface area contributed by atoms with Gasteiger partial charge in [0, 0.05) is 19.4 Å². The van der Waals surface area contributed by atoms with Crippen molar-refractivity contribution in [2.75, 3.05) is 6.54 Å². The van der Waals surface area contributed by atoms with E-state index >= 15 is 0 Å². The van der Waals surface area contributed by atoms with E-state index in [4.69, 9.17) is 0 Å². The van der Waals surface area contributed by atoms with Crippen molar-refractivity contribution in [2.24, 2.45) is 5.92 Å². The molecule has 2 saturated heterocycles. The van der Waals surface area contributed by atoms with E-state index in [1.54, 1.807) is 17.1 Å². The first-order valence-corrected chi connectivity index (χ1v) is 6.66. The Morgan fingerprint density at radius 1 is 1.40 bits per heavy atom. The molecule has 0 aromatic carbocycles. The summed E-state index contributed by atoms with van der Waals surface area (Å²) in [6, 6.07) is -0.620. The van der Waals surface area contributed by atoms with Gasteiger partial charge in [-0.1, -0.05) is 12.2 Å². The molecule has 2 unspecified atom stereocenters. The molecule has 1 N–H and O–H groups in total. The number of hydrogen-bond acceptors (Lipinski definition) is 3. The van der Waals surface area contributed by atoms with Crippen molar-refractivity contribution in [3.8, 4) is 0 Å². The van der Waals surface area contributed by atoms with Crippen molar-refractivity contribution < 1.29 is 19.5 Å². The molecule has 0 saturated carbocycles. The van der Waals surface area contributed by atoms with Gasteiger partial charge in [0.25, 0.3) is 5.91 Å². The molecule has 6 heteroatoms. The van der Waals surface area contributed by atoms with Gasteiger partial charge in [-0.2, -0.15) is 0 Å². The number of allylic oxidation sites excluding steroid dienone is 3. The number of carboxylic acid groups (broad SMARTS) is 1. The summed E-state index contributed by atoms with van der Waals surface area (Å²) in [6.07, 6.45) is 4.12. The molecule has 20 heavy (non-hydrogen) atoms. The number of carbonyl (C=O) groups is 3. The molecule has 0 spiro atoms. The lowest BCUT2D eigenvalue weighted by Gasteiger charge is -2.49. The number of carbonyl (C=O) groups excluding carboxylic acids is 2. The first-order chi connectivity index (χ1) is 9.47. The van der Waals surface area contributed by atoms with Crippen molar-refractivity contribution in [1.82, 2.24) is 9.80 Å². The van der Waals surface area contributed by atoms with E-state index in [1.165, 1.54) is 11.8 Å². The Bertz CT molecular complexity index is 578. The summed E-state index contributed by atoms with van der Waals surface area (Å²) in [4.78, 5) is 38.3. The Labute approximate surface area is 116 Å². The zero-order valence-electron chi connectivity index (χ0n) is 11.4. The van der Waals surface area contributed by atoms with Crippen LogP contribution >= 0.6 is 0 Å². The molecule has 0 aliphatic carbocycles. The van der Waals surface area contributed by atoms with E-state index in [9.17, 15) is 19.5 Å². The Morgan fingerprint density at radius 3 is 2.65 bits per heavy atom. The predicted molar refractivity (Wildman–Crippen MR) is 69.4 cm³/mol. The molecule has 106 valence electrons. The molecule has 3 aliphatic rings. The minimum atomic E-state index is -1.08. The van der Waals surface area contributed by atoms with E-state index in [0.717, 1.165) is 0 Å². The highest BCUT2D eigenvalue weighted by molar-refractivity contribution is 6.02. The molecule has 0 bridgehead atoms. The highest BCUT2D eigenvalue weighted by atomic mass is 16.4. The zero-order chi connectivity index (χ0) is 14.6.